The van der Waals surface area contributed by atoms with Gasteiger partial charge >= 0.3 is 0 Å². The van der Waals surface area contributed by atoms with E-state index < -0.39 is 7.14 Å². The molecule has 140 valence electrons. The van der Waals surface area contributed by atoms with Gasteiger partial charge in [0.15, 0.2) is 0 Å². The SMILES string of the molecule is CCCCN(CCCC)C(=O)P(=O)(c1ccccc1)c1ccc(C)cc1. The quantitative estimate of drug-likeness (QED) is 0.559. The van der Waals surface area contributed by atoms with Crippen LogP contribution in [0, 0.1) is 6.92 Å². The molecule has 3 nitrogen and oxygen atoms in total. The van der Waals surface area contributed by atoms with E-state index in [-0.39, 0.29) is 5.65 Å². The van der Waals surface area contributed by atoms with Gasteiger partial charge < -0.3 is 9.46 Å². The van der Waals surface area contributed by atoms with E-state index in [9.17, 15) is 9.36 Å². The average molecular weight is 371 g/mol. The third-order valence-corrected chi connectivity index (χ3v) is 7.49. The summed E-state index contributed by atoms with van der Waals surface area (Å²) >= 11 is 0. The summed E-state index contributed by atoms with van der Waals surface area (Å²) in [5.74, 6) is 0. The Hall–Kier alpha value is -1.86. The van der Waals surface area contributed by atoms with E-state index in [1.165, 1.54) is 0 Å². The Bertz CT molecular complexity index is 732. The summed E-state index contributed by atoms with van der Waals surface area (Å²) in [7, 11) is -3.38. The molecule has 1 amide bonds. The molecule has 2 aromatic carbocycles. The zero-order chi connectivity index (χ0) is 19.0. The van der Waals surface area contributed by atoms with Crippen molar-refractivity contribution in [3.63, 3.8) is 0 Å². The van der Waals surface area contributed by atoms with E-state index in [0.29, 0.717) is 23.7 Å². The highest BCUT2D eigenvalue weighted by Crippen LogP contribution is 2.46. The molecule has 0 spiro atoms. The Kier molecular flexibility index (Phi) is 7.66. The van der Waals surface area contributed by atoms with E-state index in [4.69, 9.17) is 0 Å². The van der Waals surface area contributed by atoms with E-state index >= 15 is 0 Å². The number of unbranched alkanes of at least 4 members (excludes halogenated alkanes) is 2. The van der Waals surface area contributed by atoms with Gasteiger partial charge in [-0.15, -0.1) is 0 Å². The minimum absolute atomic E-state index is 0.227. The molecule has 0 aliphatic carbocycles. The highest BCUT2D eigenvalue weighted by molar-refractivity contribution is 7.92. The highest BCUT2D eigenvalue weighted by Gasteiger charge is 2.38. The largest absolute Gasteiger partial charge is 0.336 e. The van der Waals surface area contributed by atoms with Crippen molar-refractivity contribution < 1.29 is 9.36 Å². The molecule has 0 saturated carbocycles. The Morgan fingerprint density at radius 3 is 1.85 bits per heavy atom. The van der Waals surface area contributed by atoms with Crippen LogP contribution in [0.3, 0.4) is 0 Å². The molecular formula is C22H30NO2P. The van der Waals surface area contributed by atoms with Gasteiger partial charge in [0.25, 0.3) is 5.65 Å². The number of rotatable bonds is 9. The number of amides is 1. The molecule has 0 saturated heterocycles. The van der Waals surface area contributed by atoms with Gasteiger partial charge in [-0.1, -0.05) is 86.8 Å². The predicted octanol–water partition coefficient (Wildman–Crippen LogP) is 5.33. The molecule has 0 bridgehead atoms. The van der Waals surface area contributed by atoms with Crippen molar-refractivity contribution in [1.29, 1.82) is 0 Å². The van der Waals surface area contributed by atoms with Gasteiger partial charge in [0.2, 0.25) is 7.14 Å². The molecular weight excluding hydrogens is 341 g/mol. The Morgan fingerprint density at radius 2 is 1.35 bits per heavy atom. The summed E-state index contributed by atoms with van der Waals surface area (Å²) in [6.45, 7) is 7.54. The van der Waals surface area contributed by atoms with Crippen LogP contribution in [0.2, 0.25) is 0 Å². The van der Waals surface area contributed by atoms with Crippen LogP contribution in [-0.4, -0.2) is 23.6 Å². The molecule has 0 aromatic heterocycles. The third-order valence-electron chi connectivity index (χ3n) is 4.62. The molecule has 0 heterocycles. The molecule has 0 N–H and O–H groups in total. The molecule has 2 aromatic rings. The number of hydrogen-bond acceptors (Lipinski definition) is 2. The zero-order valence-electron chi connectivity index (χ0n) is 16.1. The van der Waals surface area contributed by atoms with Crippen LogP contribution in [0.5, 0.6) is 0 Å². The summed E-state index contributed by atoms with van der Waals surface area (Å²) in [6, 6.07) is 16.8. The number of carbonyl (C=O) groups excluding carboxylic acids is 1. The topological polar surface area (TPSA) is 37.4 Å². The number of benzene rings is 2. The highest BCUT2D eigenvalue weighted by atomic mass is 31.2. The Labute approximate surface area is 157 Å². The second-order valence-corrected chi connectivity index (χ2v) is 9.39. The molecule has 0 aliphatic heterocycles. The predicted molar refractivity (Wildman–Crippen MR) is 111 cm³/mol. The van der Waals surface area contributed by atoms with Crippen LogP contribution in [0.15, 0.2) is 54.6 Å². The van der Waals surface area contributed by atoms with Gasteiger partial charge in [-0.2, -0.15) is 0 Å². The maximum atomic E-state index is 14.2. The van der Waals surface area contributed by atoms with Crippen LogP contribution in [-0.2, 0) is 4.57 Å². The van der Waals surface area contributed by atoms with E-state index in [1.54, 1.807) is 0 Å². The van der Waals surface area contributed by atoms with Crippen molar-refractivity contribution in [2.24, 2.45) is 0 Å². The van der Waals surface area contributed by atoms with Crippen molar-refractivity contribution in [3.8, 4) is 0 Å². The number of carbonyl (C=O) groups is 1. The second-order valence-electron chi connectivity index (χ2n) is 6.76. The number of hydrogen-bond donors (Lipinski definition) is 0. The van der Waals surface area contributed by atoms with Crippen molar-refractivity contribution in [3.05, 3.63) is 60.2 Å². The van der Waals surface area contributed by atoms with Crippen LogP contribution < -0.4 is 10.6 Å². The van der Waals surface area contributed by atoms with E-state index in [0.717, 1.165) is 31.2 Å². The van der Waals surface area contributed by atoms with E-state index in [2.05, 4.69) is 13.8 Å². The van der Waals surface area contributed by atoms with Crippen molar-refractivity contribution in [2.45, 2.75) is 46.5 Å². The lowest BCUT2D eigenvalue weighted by Crippen LogP contribution is -2.37. The summed E-state index contributed by atoms with van der Waals surface area (Å²) in [6.07, 6.45) is 3.88. The smallest absolute Gasteiger partial charge is 0.290 e. The maximum Gasteiger partial charge on any atom is 0.290 e. The zero-order valence-corrected chi connectivity index (χ0v) is 17.0. The van der Waals surface area contributed by atoms with Crippen LogP contribution >= 0.6 is 7.14 Å². The lowest BCUT2D eigenvalue weighted by molar-refractivity contribution is 0.219. The average Bonchev–Trinajstić information content (AvgIpc) is 2.68. The summed E-state index contributed by atoms with van der Waals surface area (Å²) < 4.78 is 14.2. The van der Waals surface area contributed by atoms with Gasteiger partial charge in [0, 0.05) is 23.7 Å². The molecule has 1 unspecified atom stereocenters. The van der Waals surface area contributed by atoms with E-state index in [1.807, 2.05) is 66.4 Å². The fraction of sp³-hybridized carbons (Fsp3) is 0.409. The van der Waals surface area contributed by atoms with Crippen molar-refractivity contribution >= 4 is 23.4 Å². The molecule has 1 atom stereocenters. The normalized spacial score (nSPS) is 13.2. The third kappa shape index (κ3) is 4.65. The molecule has 0 fully saturated rings. The van der Waals surface area contributed by atoms with Gasteiger partial charge in [-0.25, -0.2) is 0 Å². The summed E-state index contributed by atoms with van der Waals surface area (Å²) in [5.41, 5.74) is 0.865. The number of aryl methyl sites for hydroxylation is 1. The molecule has 2 rings (SSSR count). The first kappa shape index (κ1) is 20.5. The monoisotopic (exact) mass is 371 g/mol. The summed E-state index contributed by atoms with van der Waals surface area (Å²) in [5, 5.41) is 1.24. The standard InChI is InChI=1S/C22H30NO2P/c1-4-6-17-23(18-7-5-2)22(24)26(25,20-11-9-8-10-12-20)21-15-13-19(3)14-16-21/h8-16H,4-7,17-18H2,1-3H3. The molecule has 4 heteroatoms. The fourth-order valence-electron chi connectivity index (χ4n) is 2.96. The van der Waals surface area contributed by atoms with Gasteiger partial charge in [0.05, 0.1) is 0 Å². The van der Waals surface area contributed by atoms with Crippen molar-refractivity contribution in [2.75, 3.05) is 13.1 Å². The minimum atomic E-state index is -3.38. The maximum absolute atomic E-state index is 14.2. The first-order valence-electron chi connectivity index (χ1n) is 9.56. The molecule has 0 aliphatic rings. The Balaban J connectivity index is 2.50. The van der Waals surface area contributed by atoms with Crippen LogP contribution in [0.1, 0.15) is 45.1 Å². The van der Waals surface area contributed by atoms with Gasteiger partial charge in [0.1, 0.15) is 0 Å². The molecule has 26 heavy (non-hydrogen) atoms. The lowest BCUT2D eigenvalue weighted by Gasteiger charge is -2.28. The van der Waals surface area contributed by atoms with Gasteiger partial charge in [-0.3, -0.25) is 4.79 Å². The Morgan fingerprint density at radius 1 is 0.846 bits per heavy atom. The number of nitrogens with zero attached hydrogens (tertiary/aromatic N) is 1. The first-order chi connectivity index (χ1) is 12.5. The molecule has 0 radical (unpaired) electrons. The van der Waals surface area contributed by atoms with Crippen LogP contribution in [0.4, 0.5) is 4.79 Å². The summed E-state index contributed by atoms with van der Waals surface area (Å²) in [4.78, 5) is 15.3. The van der Waals surface area contributed by atoms with Gasteiger partial charge in [-0.05, 0) is 19.8 Å². The first-order valence-corrected chi connectivity index (χ1v) is 11.3. The minimum Gasteiger partial charge on any atom is -0.336 e. The van der Waals surface area contributed by atoms with Crippen molar-refractivity contribution in [1.82, 2.24) is 4.90 Å². The lowest BCUT2D eigenvalue weighted by atomic mass is 10.2. The fourth-order valence-corrected chi connectivity index (χ4v) is 5.46. The van der Waals surface area contributed by atoms with Crippen LogP contribution in [0.25, 0.3) is 0 Å². The second kappa shape index (κ2) is 9.73.